The van der Waals surface area contributed by atoms with Crippen molar-refractivity contribution in [2.45, 2.75) is 12.8 Å². The summed E-state index contributed by atoms with van der Waals surface area (Å²) in [5.74, 6) is 0.900. The largest absolute Gasteiger partial charge is 0.441 e. The minimum absolute atomic E-state index is 0.189. The van der Waals surface area contributed by atoms with Gasteiger partial charge in [-0.15, -0.1) is 0 Å². The highest BCUT2D eigenvalue weighted by atomic mass is 79.9. The molecule has 134 valence electrons. The monoisotopic (exact) mass is 472 g/mol. The van der Waals surface area contributed by atoms with Crippen LogP contribution in [0.15, 0.2) is 51.5 Å². The number of hydrogen-bond acceptors (Lipinski definition) is 3. The summed E-state index contributed by atoms with van der Waals surface area (Å²) in [6.45, 7) is 0. The third kappa shape index (κ3) is 4.80. The molecule has 0 radical (unpaired) electrons. The maximum Gasteiger partial charge on any atom is 0.224 e. The van der Waals surface area contributed by atoms with E-state index in [2.05, 4.69) is 26.2 Å². The quantitative estimate of drug-likeness (QED) is 0.422. The Labute approximate surface area is 173 Å². The lowest BCUT2D eigenvalue weighted by molar-refractivity contribution is -0.116. The maximum atomic E-state index is 12.1. The molecule has 1 N–H and O–H groups in total. The normalized spacial score (nSPS) is 10.8. The number of nitrogens with one attached hydrogen (secondary N) is 1. The van der Waals surface area contributed by atoms with Crippen molar-refractivity contribution < 1.29 is 9.21 Å². The molecule has 1 aromatic heterocycles. The highest BCUT2D eigenvalue weighted by molar-refractivity contribution is 9.10. The lowest BCUT2D eigenvalue weighted by Crippen LogP contribution is -2.12. The Morgan fingerprint density at radius 2 is 1.88 bits per heavy atom. The number of aromatic nitrogens is 1. The number of benzene rings is 2. The van der Waals surface area contributed by atoms with Crippen LogP contribution >= 0.6 is 50.7 Å². The highest BCUT2D eigenvalue weighted by Crippen LogP contribution is 2.32. The Kier molecular flexibility index (Phi) is 6.24. The molecule has 8 heteroatoms. The van der Waals surface area contributed by atoms with Crippen LogP contribution in [0.3, 0.4) is 0 Å². The Bertz CT molecular complexity index is 959. The van der Waals surface area contributed by atoms with E-state index in [1.165, 1.54) is 12.1 Å². The molecule has 0 atom stereocenters. The molecule has 0 fully saturated rings. The van der Waals surface area contributed by atoms with Crippen molar-refractivity contribution in [3.8, 4) is 11.3 Å². The third-order valence-corrected chi connectivity index (χ3v) is 5.04. The van der Waals surface area contributed by atoms with Gasteiger partial charge in [0.2, 0.25) is 5.91 Å². The number of amides is 1. The zero-order valence-electron chi connectivity index (χ0n) is 13.2. The van der Waals surface area contributed by atoms with Crippen molar-refractivity contribution in [3.05, 3.63) is 68.0 Å². The van der Waals surface area contributed by atoms with Gasteiger partial charge in [-0.25, -0.2) is 4.98 Å². The summed E-state index contributed by atoms with van der Waals surface area (Å²) in [6.07, 6.45) is 2.19. The van der Waals surface area contributed by atoms with Crippen molar-refractivity contribution in [2.24, 2.45) is 0 Å². The molecule has 0 saturated carbocycles. The van der Waals surface area contributed by atoms with E-state index in [1.54, 1.807) is 6.20 Å². The van der Waals surface area contributed by atoms with E-state index in [4.69, 9.17) is 39.2 Å². The standard InChI is InChI=1S/C18H12BrCl3N2O2/c19-11-3-1-2-10(6-11)16-9-23-18(26-16)5-4-17(25)24-15-8-13(21)12(20)7-14(15)22/h1-3,6-9H,4-5H2,(H,24,25). The first-order chi connectivity index (χ1) is 12.4. The summed E-state index contributed by atoms with van der Waals surface area (Å²) < 4.78 is 6.66. The number of hydrogen-bond donors (Lipinski definition) is 1. The number of carbonyl (C=O) groups excluding carboxylic acids is 1. The zero-order valence-corrected chi connectivity index (χ0v) is 17.1. The van der Waals surface area contributed by atoms with Crippen molar-refractivity contribution >= 4 is 62.3 Å². The molecule has 0 spiro atoms. The number of halogens is 4. The molecule has 0 saturated heterocycles. The minimum Gasteiger partial charge on any atom is -0.441 e. The van der Waals surface area contributed by atoms with Gasteiger partial charge in [0, 0.05) is 22.9 Å². The van der Waals surface area contributed by atoms with Crippen molar-refractivity contribution in [3.63, 3.8) is 0 Å². The number of anilines is 1. The maximum absolute atomic E-state index is 12.1. The molecular weight excluding hydrogens is 462 g/mol. The molecule has 0 aliphatic carbocycles. The third-order valence-electron chi connectivity index (χ3n) is 3.51. The van der Waals surface area contributed by atoms with Gasteiger partial charge >= 0.3 is 0 Å². The predicted molar refractivity (Wildman–Crippen MR) is 108 cm³/mol. The molecule has 0 aliphatic rings. The first-order valence-electron chi connectivity index (χ1n) is 7.57. The van der Waals surface area contributed by atoms with Gasteiger partial charge in [0.05, 0.1) is 27.0 Å². The average molecular weight is 475 g/mol. The molecule has 3 rings (SSSR count). The van der Waals surface area contributed by atoms with Gasteiger partial charge in [-0.1, -0.05) is 62.9 Å². The smallest absolute Gasteiger partial charge is 0.224 e. The fourth-order valence-corrected chi connectivity index (χ4v) is 3.25. The van der Waals surface area contributed by atoms with Crippen LogP contribution in [0.2, 0.25) is 15.1 Å². The van der Waals surface area contributed by atoms with E-state index in [9.17, 15) is 4.79 Å². The van der Waals surface area contributed by atoms with E-state index in [0.29, 0.717) is 38.8 Å². The van der Waals surface area contributed by atoms with Gasteiger partial charge in [0.1, 0.15) is 0 Å². The predicted octanol–water partition coefficient (Wildman–Crippen LogP) is 6.64. The summed E-state index contributed by atoms with van der Waals surface area (Å²) >= 11 is 21.3. The van der Waals surface area contributed by atoms with E-state index in [0.717, 1.165) is 10.0 Å². The van der Waals surface area contributed by atoms with Gasteiger partial charge in [-0.2, -0.15) is 0 Å². The lowest BCUT2D eigenvalue weighted by atomic mass is 10.2. The zero-order chi connectivity index (χ0) is 18.7. The Hall–Kier alpha value is -1.53. The first-order valence-corrected chi connectivity index (χ1v) is 9.50. The van der Waals surface area contributed by atoms with Crippen LogP contribution in [0.4, 0.5) is 5.69 Å². The van der Waals surface area contributed by atoms with Crippen molar-refractivity contribution in [1.29, 1.82) is 0 Å². The molecule has 1 amide bonds. The molecule has 4 nitrogen and oxygen atoms in total. The Morgan fingerprint density at radius 3 is 2.65 bits per heavy atom. The van der Waals surface area contributed by atoms with Crippen LogP contribution < -0.4 is 5.32 Å². The number of oxazole rings is 1. The molecule has 0 bridgehead atoms. The average Bonchev–Trinajstić information content (AvgIpc) is 3.07. The molecule has 1 heterocycles. The molecule has 3 aromatic rings. The van der Waals surface area contributed by atoms with Crippen LogP contribution in [0.25, 0.3) is 11.3 Å². The molecule has 2 aromatic carbocycles. The number of rotatable bonds is 5. The summed E-state index contributed by atoms with van der Waals surface area (Å²) in [5.41, 5.74) is 1.32. The molecule has 0 aliphatic heterocycles. The Balaban J connectivity index is 1.61. The van der Waals surface area contributed by atoms with E-state index >= 15 is 0 Å². The Morgan fingerprint density at radius 1 is 1.12 bits per heavy atom. The van der Waals surface area contributed by atoms with E-state index in [-0.39, 0.29) is 12.3 Å². The first kappa shape index (κ1) is 19.2. The van der Waals surface area contributed by atoms with Gasteiger partial charge in [-0.3, -0.25) is 4.79 Å². The summed E-state index contributed by atoms with van der Waals surface area (Å²) in [6, 6.07) is 10.7. The number of carbonyl (C=O) groups is 1. The van der Waals surface area contributed by atoms with Crippen LogP contribution in [-0.2, 0) is 11.2 Å². The summed E-state index contributed by atoms with van der Waals surface area (Å²) in [5, 5.41) is 3.67. The van der Waals surface area contributed by atoms with Crippen LogP contribution in [0.1, 0.15) is 12.3 Å². The van der Waals surface area contributed by atoms with Gasteiger partial charge in [0.15, 0.2) is 11.7 Å². The molecular formula is C18H12BrCl3N2O2. The molecule has 0 unspecified atom stereocenters. The fourth-order valence-electron chi connectivity index (χ4n) is 2.25. The second-order valence-corrected chi connectivity index (χ2v) is 7.56. The van der Waals surface area contributed by atoms with Crippen LogP contribution in [-0.4, -0.2) is 10.9 Å². The second kappa shape index (κ2) is 8.44. The van der Waals surface area contributed by atoms with Gasteiger partial charge in [0.25, 0.3) is 0 Å². The van der Waals surface area contributed by atoms with E-state index in [1.807, 2.05) is 24.3 Å². The van der Waals surface area contributed by atoms with Crippen molar-refractivity contribution in [1.82, 2.24) is 4.98 Å². The van der Waals surface area contributed by atoms with E-state index < -0.39 is 0 Å². The van der Waals surface area contributed by atoms with Gasteiger partial charge in [-0.05, 0) is 24.3 Å². The lowest BCUT2D eigenvalue weighted by Gasteiger charge is -2.08. The summed E-state index contributed by atoms with van der Waals surface area (Å²) in [7, 11) is 0. The van der Waals surface area contributed by atoms with Crippen LogP contribution in [0, 0.1) is 0 Å². The van der Waals surface area contributed by atoms with Crippen molar-refractivity contribution in [2.75, 3.05) is 5.32 Å². The van der Waals surface area contributed by atoms with Crippen LogP contribution in [0.5, 0.6) is 0 Å². The minimum atomic E-state index is -0.229. The topological polar surface area (TPSA) is 55.1 Å². The van der Waals surface area contributed by atoms with Gasteiger partial charge < -0.3 is 9.73 Å². The highest BCUT2D eigenvalue weighted by Gasteiger charge is 2.12. The number of nitrogens with zero attached hydrogens (tertiary/aromatic N) is 1. The SMILES string of the molecule is O=C(CCc1ncc(-c2cccc(Br)c2)o1)Nc1cc(Cl)c(Cl)cc1Cl. The second-order valence-electron chi connectivity index (χ2n) is 5.42. The molecule has 26 heavy (non-hydrogen) atoms. The fraction of sp³-hybridized carbons (Fsp3) is 0.111. The summed E-state index contributed by atoms with van der Waals surface area (Å²) in [4.78, 5) is 16.4. The number of aryl methyl sites for hydroxylation is 1.